The molecule has 1 aromatic heterocycles. The molecule has 230 valence electrons. The van der Waals surface area contributed by atoms with Gasteiger partial charge in [0.2, 0.25) is 5.91 Å². The van der Waals surface area contributed by atoms with E-state index in [0.717, 1.165) is 87.3 Å². The van der Waals surface area contributed by atoms with Crippen LogP contribution in [0.4, 0.5) is 0 Å². The van der Waals surface area contributed by atoms with Crippen LogP contribution >= 0.6 is 0 Å². The third-order valence-corrected chi connectivity index (χ3v) is 8.44. The van der Waals surface area contributed by atoms with Gasteiger partial charge >= 0.3 is 0 Å². The average molecular weight is 599 g/mol. The lowest BCUT2D eigenvalue weighted by molar-refractivity contribution is -0.131. The van der Waals surface area contributed by atoms with E-state index in [0.29, 0.717) is 23.3 Å². The van der Waals surface area contributed by atoms with Crippen LogP contribution in [0.15, 0.2) is 48.7 Å². The number of carbonyl (C=O) groups excluding carboxylic acids is 2. The lowest BCUT2D eigenvalue weighted by atomic mass is 9.99. The number of ether oxygens (including phenoxy) is 1. The van der Waals surface area contributed by atoms with Crippen molar-refractivity contribution in [3.63, 3.8) is 0 Å². The SMILES string of the molecule is CCCCN(CCCC)C(=O)Cn1cc(C(=O)c2ccc(CCCCCCCS(=O)(=O)O)cc2)c2ccc(OC)cc21. The van der Waals surface area contributed by atoms with E-state index in [4.69, 9.17) is 9.29 Å². The summed E-state index contributed by atoms with van der Waals surface area (Å²) >= 11 is 0. The molecule has 42 heavy (non-hydrogen) atoms. The quantitative estimate of drug-likeness (QED) is 0.0936. The number of rotatable bonds is 19. The van der Waals surface area contributed by atoms with Crippen molar-refractivity contribution in [2.75, 3.05) is 26.0 Å². The first-order valence-corrected chi connectivity index (χ1v) is 16.8. The van der Waals surface area contributed by atoms with Crippen molar-refractivity contribution < 1.29 is 27.3 Å². The molecule has 0 unspecified atom stereocenters. The number of carbonyl (C=O) groups is 2. The fourth-order valence-corrected chi connectivity index (χ4v) is 5.71. The molecule has 2 aromatic carbocycles. The molecule has 1 amide bonds. The molecule has 0 spiro atoms. The smallest absolute Gasteiger partial charge is 0.264 e. The summed E-state index contributed by atoms with van der Waals surface area (Å²) in [4.78, 5) is 29.0. The molecule has 0 aliphatic rings. The first kappa shape index (κ1) is 33.3. The number of hydrogen-bond donors (Lipinski definition) is 1. The minimum atomic E-state index is -3.87. The zero-order chi connectivity index (χ0) is 30.5. The Hall–Kier alpha value is -3.17. The number of methoxy groups -OCH3 is 1. The number of unbranched alkanes of at least 4 members (excludes halogenated alkanes) is 6. The first-order chi connectivity index (χ1) is 20.2. The number of nitrogens with zero attached hydrogens (tertiary/aromatic N) is 2. The number of hydrogen-bond acceptors (Lipinski definition) is 5. The van der Waals surface area contributed by atoms with Gasteiger partial charge in [0.1, 0.15) is 12.3 Å². The number of benzene rings is 2. The van der Waals surface area contributed by atoms with E-state index in [2.05, 4.69) is 13.8 Å². The second-order valence-corrected chi connectivity index (χ2v) is 12.5. The Morgan fingerprint density at radius 3 is 2.14 bits per heavy atom. The van der Waals surface area contributed by atoms with Crippen LogP contribution < -0.4 is 4.74 Å². The summed E-state index contributed by atoms with van der Waals surface area (Å²) in [5.74, 6) is 0.459. The van der Waals surface area contributed by atoms with E-state index in [-0.39, 0.29) is 24.0 Å². The molecular weight excluding hydrogens is 552 g/mol. The number of aromatic nitrogens is 1. The molecule has 0 saturated heterocycles. The average Bonchev–Trinajstić information content (AvgIpc) is 3.33. The molecule has 1 heterocycles. The number of amides is 1. The Morgan fingerprint density at radius 1 is 0.881 bits per heavy atom. The third-order valence-electron chi connectivity index (χ3n) is 7.64. The summed E-state index contributed by atoms with van der Waals surface area (Å²) in [6.07, 6.45) is 10.8. The van der Waals surface area contributed by atoms with Crippen LogP contribution in [0.3, 0.4) is 0 Å². The molecule has 0 aliphatic carbocycles. The van der Waals surface area contributed by atoms with E-state index in [1.54, 1.807) is 13.3 Å². The van der Waals surface area contributed by atoms with Crippen molar-refractivity contribution in [2.45, 2.75) is 84.6 Å². The highest BCUT2D eigenvalue weighted by atomic mass is 32.2. The summed E-state index contributed by atoms with van der Waals surface area (Å²) in [7, 11) is -2.27. The van der Waals surface area contributed by atoms with Crippen LogP contribution in [-0.4, -0.2) is 60.1 Å². The van der Waals surface area contributed by atoms with Crippen molar-refractivity contribution in [1.82, 2.24) is 9.47 Å². The second-order valence-electron chi connectivity index (χ2n) is 11.0. The van der Waals surface area contributed by atoms with Crippen molar-refractivity contribution in [1.29, 1.82) is 0 Å². The van der Waals surface area contributed by atoms with Crippen molar-refractivity contribution in [3.05, 3.63) is 65.4 Å². The van der Waals surface area contributed by atoms with Crippen LogP contribution in [0.25, 0.3) is 10.9 Å². The highest BCUT2D eigenvalue weighted by molar-refractivity contribution is 7.85. The maximum absolute atomic E-state index is 13.7. The van der Waals surface area contributed by atoms with Gasteiger partial charge in [0.25, 0.3) is 10.1 Å². The van der Waals surface area contributed by atoms with E-state index in [9.17, 15) is 18.0 Å². The summed E-state index contributed by atoms with van der Waals surface area (Å²) in [5.41, 5.74) is 3.09. The van der Waals surface area contributed by atoms with Crippen LogP contribution in [0.1, 0.15) is 93.1 Å². The molecular formula is C33H46N2O6S. The lowest BCUT2D eigenvalue weighted by Gasteiger charge is -2.23. The summed E-state index contributed by atoms with van der Waals surface area (Å²) in [5, 5.41) is 0.792. The Kier molecular flexibility index (Phi) is 13.1. The molecule has 8 nitrogen and oxygen atoms in total. The molecule has 0 radical (unpaired) electrons. The van der Waals surface area contributed by atoms with Gasteiger partial charge in [-0.2, -0.15) is 8.42 Å². The third kappa shape index (κ3) is 9.98. The fourth-order valence-electron chi connectivity index (χ4n) is 5.14. The molecule has 0 saturated carbocycles. The van der Waals surface area contributed by atoms with Crippen molar-refractivity contribution >= 4 is 32.7 Å². The van der Waals surface area contributed by atoms with Gasteiger partial charge in [-0.1, -0.05) is 70.2 Å². The van der Waals surface area contributed by atoms with Gasteiger partial charge in [-0.25, -0.2) is 0 Å². The molecule has 0 atom stereocenters. The largest absolute Gasteiger partial charge is 0.497 e. The van der Waals surface area contributed by atoms with Gasteiger partial charge < -0.3 is 14.2 Å². The fraction of sp³-hybridized carbons (Fsp3) is 0.515. The van der Waals surface area contributed by atoms with Gasteiger partial charge in [0, 0.05) is 41.9 Å². The number of ketones is 1. The van der Waals surface area contributed by atoms with Crippen LogP contribution in [-0.2, 0) is 27.9 Å². The van der Waals surface area contributed by atoms with Gasteiger partial charge in [0.05, 0.1) is 18.4 Å². The zero-order valence-corrected chi connectivity index (χ0v) is 26.1. The Morgan fingerprint density at radius 2 is 1.52 bits per heavy atom. The van der Waals surface area contributed by atoms with E-state index >= 15 is 0 Å². The zero-order valence-electron chi connectivity index (χ0n) is 25.3. The molecule has 1 N–H and O–H groups in total. The standard InChI is InChI=1S/C33H46N2O6S/c1-4-6-20-34(21-7-5-2)32(36)25-35-24-30(29-19-18-28(41-3)23-31(29)35)33(37)27-16-14-26(15-17-27)13-11-9-8-10-12-22-42(38,39)40/h14-19,23-24H,4-13,20-22,25H2,1-3H3,(H,38,39,40). The minimum Gasteiger partial charge on any atom is -0.497 e. The van der Waals surface area contributed by atoms with Gasteiger partial charge in [0.15, 0.2) is 5.78 Å². The van der Waals surface area contributed by atoms with Crippen molar-refractivity contribution in [2.24, 2.45) is 0 Å². The molecule has 0 aliphatic heterocycles. The first-order valence-electron chi connectivity index (χ1n) is 15.2. The molecule has 9 heteroatoms. The van der Waals surface area contributed by atoms with Crippen molar-refractivity contribution in [3.8, 4) is 5.75 Å². The lowest BCUT2D eigenvalue weighted by Crippen LogP contribution is -2.35. The molecule has 3 rings (SSSR count). The van der Waals surface area contributed by atoms with Crippen LogP contribution in [0.2, 0.25) is 0 Å². The highest BCUT2D eigenvalue weighted by Gasteiger charge is 2.20. The van der Waals surface area contributed by atoms with E-state index in [1.165, 1.54) is 0 Å². The van der Waals surface area contributed by atoms with Crippen LogP contribution in [0.5, 0.6) is 5.75 Å². The van der Waals surface area contributed by atoms with E-state index in [1.807, 2.05) is 51.9 Å². The summed E-state index contributed by atoms with van der Waals surface area (Å²) in [6.45, 7) is 5.89. The monoisotopic (exact) mass is 598 g/mol. The molecule has 3 aromatic rings. The second kappa shape index (κ2) is 16.5. The predicted molar refractivity (Wildman–Crippen MR) is 168 cm³/mol. The highest BCUT2D eigenvalue weighted by Crippen LogP contribution is 2.28. The molecule has 0 fully saturated rings. The summed E-state index contributed by atoms with van der Waals surface area (Å²) < 4.78 is 37.7. The summed E-state index contributed by atoms with van der Waals surface area (Å²) in [6, 6.07) is 13.3. The number of aryl methyl sites for hydroxylation is 1. The Labute approximate surface area is 250 Å². The Balaban J connectivity index is 1.71. The van der Waals surface area contributed by atoms with E-state index < -0.39 is 10.1 Å². The minimum absolute atomic E-state index is 0.0541. The molecule has 0 bridgehead atoms. The maximum atomic E-state index is 13.7. The predicted octanol–water partition coefficient (Wildman–Crippen LogP) is 6.69. The van der Waals surface area contributed by atoms with Crippen LogP contribution in [0, 0.1) is 0 Å². The van der Waals surface area contributed by atoms with Gasteiger partial charge in [-0.05, 0) is 49.8 Å². The normalized spacial score (nSPS) is 11.6. The Bertz CT molecular complexity index is 1400. The topological polar surface area (TPSA) is 106 Å². The number of fused-ring (bicyclic) bond motifs is 1. The van der Waals surface area contributed by atoms with Gasteiger partial charge in [-0.15, -0.1) is 0 Å². The maximum Gasteiger partial charge on any atom is 0.264 e. The van der Waals surface area contributed by atoms with Gasteiger partial charge in [-0.3, -0.25) is 14.1 Å².